The summed E-state index contributed by atoms with van der Waals surface area (Å²) in [5.74, 6) is 0.438. The van der Waals surface area contributed by atoms with Crippen molar-refractivity contribution in [2.75, 3.05) is 12.4 Å². The summed E-state index contributed by atoms with van der Waals surface area (Å²) in [6.45, 7) is 0. The van der Waals surface area contributed by atoms with Gasteiger partial charge in [0.1, 0.15) is 12.4 Å². The fraction of sp³-hybridized carbons (Fsp3) is 0.217. The first-order valence-electron chi connectivity index (χ1n) is 9.81. The number of rotatable bonds is 3. The molecule has 0 saturated heterocycles. The number of carbonyl (C=O) groups is 2. The number of methoxy groups -OCH3 is 1. The van der Waals surface area contributed by atoms with Gasteiger partial charge in [0.05, 0.1) is 12.7 Å². The molecule has 1 aliphatic heterocycles. The first-order valence-corrected chi connectivity index (χ1v) is 9.81. The number of anilines is 1. The van der Waals surface area contributed by atoms with Gasteiger partial charge in [-0.05, 0) is 35.6 Å². The Morgan fingerprint density at radius 1 is 1.07 bits per heavy atom. The van der Waals surface area contributed by atoms with E-state index in [4.69, 9.17) is 4.74 Å². The summed E-state index contributed by atoms with van der Waals surface area (Å²) in [6, 6.07) is 16.8. The van der Waals surface area contributed by atoms with Gasteiger partial charge in [0, 0.05) is 17.7 Å². The number of nitrogens with zero attached hydrogens (tertiary/aromatic N) is 3. The van der Waals surface area contributed by atoms with Crippen LogP contribution in [0, 0.1) is 0 Å². The Morgan fingerprint density at radius 2 is 1.83 bits per heavy atom. The van der Waals surface area contributed by atoms with Gasteiger partial charge >= 0.3 is 5.97 Å². The lowest BCUT2D eigenvalue weighted by molar-refractivity contribution is -0.116. The van der Waals surface area contributed by atoms with Crippen LogP contribution in [0.15, 0.2) is 72.2 Å². The van der Waals surface area contributed by atoms with Crippen molar-refractivity contribution >= 4 is 17.7 Å². The van der Waals surface area contributed by atoms with Gasteiger partial charge in [-0.2, -0.15) is 10.1 Å². The van der Waals surface area contributed by atoms with E-state index in [2.05, 4.69) is 27.5 Å². The van der Waals surface area contributed by atoms with Gasteiger partial charge in [-0.25, -0.2) is 9.48 Å². The van der Waals surface area contributed by atoms with Crippen molar-refractivity contribution in [3.63, 3.8) is 0 Å². The van der Waals surface area contributed by atoms with Gasteiger partial charge in [0.25, 0.3) is 0 Å². The molecule has 1 aliphatic carbocycles. The lowest BCUT2D eigenvalue weighted by Crippen LogP contribution is -2.33. The maximum Gasteiger partial charge on any atom is 0.337 e. The third kappa shape index (κ3) is 2.99. The molecule has 2 aromatic carbocycles. The maximum absolute atomic E-state index is 13.3. The molecule has 0 radical (unpaired) electrons. The molecule has 7 heteroatoms. The molecule has 0 unspecified atom stereocenters. The number of fused-ring (bicyclic) bond motifs is 1. The lowest BCUT2D eigenvalue weighted by atomic mass is 9.78. The number of allylic oxidation sites excluding steroid dienone is 2. The first-order chi connectivity index (χ1) is 14.7. The molecule has 1 N–H and O–H groups in total. The summed E-state index contributed by atoms with van der Waals surface area (Å²) >= 11 is 0. The van der Waals surface area contributed by atoms with Gasteiger partial charge in [-0.15, -0.1) is 0 Å². The van der Waals surface area contributed by atoms with Crippen LogP contribution in [0.3, 0.4) is 0 Å². The summed E-state index contributed by atoms with van der Waals surface area (Å²) in [4.78, 5) is 29.4. The number of hydrogen-bond donors (Lipinski definition) is 1. The van der Waals surface area contributed by atoms with Crippen molar-refractivity contribution < 1.29 is 14.3 Å². The maximum atomic E-state index is 13.3. The number of benzene rings is 2. The van der Waals surface area contributed by atoms with E-state index >= 15 is 0 Å². The summed E-state index contributed by atoms with van der Waals surface area (Å²) in [5, 5.41) is 7.68. The first kappa shape index (κ1) is 18.3. The summed E-state index contributed by atoms with van der Waals surface area (Å²) in [7, 11) is 1.35. The van der Waals surface area contributed by atoms with Crippen molar-refractivity contribution in [3.8, 4) is 0 Å². The van der Waals surface area contributed by atoms with E-state index in [1.807, 2.05) is 30.3 Å². The molecule has 0 spiro atoms. The fourth-order valence-electron chi connectivity index (χ4n) is 4.34. The molecule has 2 aliphatic rings. The zero-order chi connectivity index (χ0) is 20.7. The molecule has 0 saturated carbocycles. The minimum absolute atomic E-state index is 0.0980. The van der Waals surface area contributed by atoms with Crippen LogP contribution in [-0.4, -0.2) is 33.6 Å². The molecule has 150 valence electrons. The zero-order valence-corrected chi connectivity index (χ0v) is 16.4. The number of ether oxygens (including phenoxy) is 1. The van der Waals surface area contributed by atoms with Crippen LogP contribution in [0.1, 0.15) is 46.3 Å². The minimum Gasteiger partial charge on any atom is -0.465 e. The SMILES string of the molecule is COC(=O)c1ccc([C@@H]2C3=C(C[C@@H](c4ccccc4)CC3=O)Nc3ncnn32)cc1. The largest absolute Gasteiger partial charge is 0.465 e. The minimum atomic E-state index is -0.396. The highest BCUT2D eigenvalue weighted by Crippen LogP contribution is 2.43. The van der Waals surface area contributed by atoms with Crippen LogP contribution in [0.5, 0.6) is 0 Å². The third-order valence-electron chi connectivity index (χ3n) is 5.78. The van der Waals surface area contributed by atoms with Crippen LogP contribution >= 0.6 is 0 Å². The smallest absolute Gasteiger partial charge is 0.337 e. The molecule has 0 bridgehead atoms. The Bertz CT molecular complexity index is 1150. The predicted molar refractivity (Wildman–Crippen MR) is 110 cm³/mol. The number of nitrogens with one attached hydrogen (secondary N) is 1. The van der Waals surface area contributed by atoms with E-state index in [1.54, 1.807) is 16.8 Å². The molecule has 1 aromatic heterocycles. The molecule has 7 nitrogen and oxygen atoms in total. The molecular formula is C23H20N4O3. The monoisotopic (exact) mass is 400 g/mol. The average Bonchev–Trinajstić information content (AvgIpc) is 3.26. The molecule has 0 amide bonds. The topological polar surface area (TPSA) is 86.1 Å². The normalized spacial score (nSPS) is 20.2. The summed E-state index contributed by atoms with van der Waals surface area (Å²) < 4.78 is 6.51. The summed E-state index contributed by atoms with van der Waals surface area (Å²) in [6.07, 6.45) is 2.66. The van der Waals surface area contributed by atoms with Gasteiger partial charge in [-0.3, -0.25) is 4.79 Å². The second-order valence-corrected chi connectivity index (χ2v) is 7.50. The zero-order valence-electron chi connectivity index (χ0n) is 16.4. The molecule has 3 aromatic rings. The Morgan fingerprint density at radius 3 is 2.57 bits per heavy atom. The van der Waals surface area contributed by atoms with E-state index in [0.717, 1.165) is 23.2 Å². The second-order valence-electron chi connectivity index (χ2n) is 7.50. The number of esters is 1. The summed E-state index contributed by atoms with van der Waals surface area (Å²) in [5.41, 5.74) is 4.09. The van der Waals surface area contributed by atoms with E-state index in [9.17, 15) is 9.59 Å². The molecule has 2 atom stereocenters. The van der Waals surface area contributed by atoms with Gasteiger partial charge in [0.2, 0.25) is 5.95 Å². The van der Waals surface area contributed by atoms with Crippen LogP contribution in [0.4, 0.5) is 5.95 Å². The Balaban J connectivity index is 1.56. The predicted octanol–water partition coefficient (Wildman–Crippen LogP) is 3.48. The molecule has 0 fully saturated rings. The van der Waals surface area contributed by atoms with Crippen LogP contribution in [-0.2, 0) is 9.53 Å². The quantitative estimate of drug-likeness (QED) is 0.678. The molecule has 2 heterocycles. The van der Waals surface area contributed by atoms with E-state index in [-0.39, 0.29) is 17.7 Å². The van der Waals surface area contributed by atoms with Crippen molar-refractivity contribution in [3.05, 3.63) is 88.9 Å². The third-order valence-corrected chi connectivity index (χ3v) is 5.78. The van der Waals surface area contributed by atoms with Gasteiger partial charge in [-0.1, -0.05) is 42.5 Å². The Labute approximate surface area is 173 Å². The van der Waals surface area contributed by atoms with Crippen molar-refractivity contribution in [2.24, 2.45) is 0 Å². The van der Waals surface area contributed by atoms with Crippen LogP contribution < -0.4 is 5.32 Å². The highest BCUT2D eigenvalue weighted by Gasteiger charge is 2.39. The van der Waals surface area contributed by atoms with E-state index in [1.165, 1.54) is 13.4 Å². The highest BCUT2D eigenvalue weighted by molar-refractivity contribution is 6.00. The van der Waals surface area contributed by atoms with Crippen molar-refractivity contribution in [2.45, 2.75) is 24.8 Å². The molecule has 5 rings (SSSR count). The second kappa shape index (κ2) is 7.26. The van der Waals surface area contributed by atoms with Crippen molar-refractivity contribution in [1.29, 1.82) is 0 Å². The number of ketones is 1. The number of hydrogen-bond acceptors (Lipinski definition) is 6. The number of Topliss-reactive ketones (excluding diaryl/α,β-unsaturated/α-hetero) is 1. The highest BCUT2D eigenvalue weighted by atomic mass is 16.5. The number of aromatic nitrogens is 3. The Hall–Kier alpha value is -3.74. The standard InChI is InChI=1S/C23H20N4O3/c1-30-22(29)16-9-7-15(8-10-16)21-20-18(26-23-24-13-25-27(21)23)11-17(12-19(20)28)14-5-3-2-4-6-14/h2-10,13,17,21H,11-12H2,1H3,(H,24,25,26)/t17-,21-/m1/s1. The Kier molecular flexibility index (Phi) is 4.43. The van der Waals surface area contributed by atoms with E-state index in [0.29, 0.717) is 23.5 Å². The van der Waals surface area contributed by atoms with Gasteiger partial charge < -0.3 is 10.1 Å². The van der Waals surface area contributed by atoms with Crippen molar-refractivity contribution in [1.82, 2.24) is 14.8 Å². The van der Waals surface area contributed by atoms with Crippen LogP contribution in [0.2, 0.25) is 0 Å². The average molecular weight is 400 g/mol. The van der Waals surface area contributed by atoms with Gasteiger partial charge in [0.15, 0.2) is 5.78 Å². The fourth-order valence-corrected chi connectivity index (χ4v) is 4.34. The van der Waals surface area contributed by atoms with Crippen LogP contribution in [0.25, 0.3) is 0 Å². The lowest BCUT2D eigenvalue weighted by Gasteiger charge is -2.35. The molecular weight excluding hydrogens is 380 g/mol. The number of carbonyl (C=O) groups excluding carboxylic acids is 2. The van der Waals surface area contributed by atoms with E-state index < -0.39 is 5.97 Å². The molecule has 30 heavy (non-hydrogen) atoms.